The third-order valence-electron chi connectivity index (χ3n) is 2.45. The molecule has 0 aromatic carbocycles. The number of allylic oxidation sites excluding steroid dienone is 2. The molecule has 5 N–H and O–H groups in total. The van der Waals surface area contributed by atoms with Gasteiger partial charge in [0.2, 0.25) is 0 Å². The normalized spacial score (nSPS) is 32.4. The Morgan fingerprint density at radius 1 is 1.46 bits per heavy atom. The quantitative estimate of drug-likeness (QED) is 0.540. The lowest BCUT2D eigenvalue weighted by atomic mass is 9.89. The van der Waals surface area contributed by atoms with E-state index in [1.165, 1.54) is 0 Å². The lowest BCUT2D eigenvalue weighted by molar-refractivity contribution is 0.393. The van der Waals surface area contributed by atoms with Crippen LogP contribution in [0.25, 0.3) is 0 Å². The van der Waals surface area contributed by atoms with E-state index in [9.17, 15) is 0 Å². The van der Waals surface area contributed by atoms with Crippen LogP contribution in [-0.2, 0) is 0 Å². The van der Waals surface area contributed by atoms with Gasteiger partial charge in [-0.05, 0) is 26.4 Å². The monoisotopic (exact) mass is 181 g/mol. The molecular formula is C10H19N3. The highest BCUT2D eigenvalue weighted by Gasteiger charge is 2.27. The van der Waals surface area contributed by atoms with Gasteiger partial charge in [0, 0.05) is 6.04 Å². The molecule has 74 valence electrons. The summed E-state index contributed by atoms with van der Waals surface area (Å²) in [6.45, 7) is 3.74. The van der Waals surface area contributed by atoms with Gasteiger partial charge in [-0.2, -0.15) is 0 Å². The number of rotatable bonds is 4. The zero-order valence-electron chi connectivity index (χ0n) is 8.16. The maximum absolute atomic E-state index is 5.96. The van der Waals surface area contributed by atoms with Crippen LogP contribution in [0.15, 0.2) is 24.3 Å². The zero-order valence-corrected chi connectivity index (χ0v) is 8.16. The van der Waals surface area contributed by atoms with Crippen molar-refractivity contribution in [1.82, 2.24) is 5.32 Å². The summed E-state index contributed by atoms with van der Waals surface area (Å²) in [4.78, 5) is 0. The van der Waals surface area contributed by atoms with E-state index in [4.69, 9.17) is 11.5 Å². The molecule has 0 bridgehead atoms. The van der Waals surface area contributed by atoms with Crippen LogP contribution < -0.4 is 16.8 Å². The molecule has 0 radical (unpaired) electrons. The summed E-state index contributed by atoms with van der Waals surface area (Å²) in [6, 6.07) is 0.0512. The van der Waals surface area contributed by atoms with Gasteiger partial charge < -0.3 is 16.8 Å². The van der Waals surface area contributed by atoms with E-state index < -0.39 is 0 Å². The molecule has 0 saturated heterocycles. The van der Waals surface area contributed by atoms with E-state index in [0.717, 1.165) is 19.5 Å². The third kappa shape index (κ3) is 2.66. The van der Waals surface area contributed by atoms with Crippen molar-refractivity contribution in [2.75, 3.05) is 13.1 Å². The summed E-state index contributed by atoms with van der Waals surface area (Å²) in [5.74, 6) is 0. The number of nitrogens with two attached hydrogens (primary N) is 2. The smallest absolute Gasteiger partial charge is 0.0528 e. The molecule has 3 nitrogen and oxygen atoms in total. The summed E-state index contributed by atoms with van der Waals surface area (Å²) in [7, 11) is 0. The maximum Gasteiger partial charge on any atom is 0.0528 e. The highest BCUT2D eigenvalue weighted by Crippen LogP contribution is 2.15. The molecule has 0 aromatic rings. The minimum atomic E-state index is -0.107. The van der Waals surface area contributed by atoms with E-state index in [1.54, 1.807) is 0 Å². The molecule has 13 heavy (non-hydrogen) atoms. The molecule has 2 unspecified atom stereocenters. The van der Waals surface area contributed by atoms with Crippen LogP contribution >= 0.6 is 0 Å². The summed E-state index contributed by atoms with van der Waals surface area (Å²) in [5.41, 5.74) is 11.3. The molecule has 3 heteroatoms. The summed E-state index contributed by atoms with van der Waals surface area (Å²) < 4.78 is 0. The minimum absolute atomic E-state index is 0.0512. The van der Waals surface area contributed by atoms with Crippen molar-refractivity contribution in [1.29, 1.82) is 0 Å². The van der Waals surface area contributed by atoms with Crippen LogP contribution in [0.1, 0.15) is 13.3 Å². The lowest BCUT2D eigenvalue weighted by Crippen LogP contribution is -2.55. The summed E-state index contributed by atoms with van der Waals surface area (Å²) in [6.07, 6.45) is 9.11. The number of nitrogens with one attached hydrogen (secondary N) is 1. The van der Waals surface area contributed by atoms with Gasteiger partial charge >= 0.3 is 0 Å². The Kier molecular flexibility index (Phi) is 3.66. The van der Waals surface area contributed by atoms with Gasteiger partial charge in [0.05, 0.1) is 5.54 Å². The third-order valence-corrected chi connectivity index (χ3v) is 2.45. The molecule has 0 spiro atoms. The fraction of sp³-hybridized carbons (Fsp3) is 0.600. The fourth-order valence-electron chi connectivity index (χ4n) is 1.39. The molecule has 1 aliphatic rings. The molecule has 0 heterocycles. The summed E-state index contributed by atoms with van der Waals surface area (Å²) >= 11 is 0. The Morgan fingerprint density at radius 3 is 2.85 bits per heavy atom. The first kappa shape index (κ1) is 10.4. The molecule has 0 amide bonds. The first-order valence-corrected chi connectivity index (χ1v) is 4.76. The van der Waals surface area contributed by atoms with Crippen molar-refractivity contribution in [3.05, 3.63) is 24.3 Å². The standard InChI is InChI=1S/C10H19N3/c1-10(13-8-4-7-11)6-3-2-5-9(10)12/h2-3,5-6,9,13H,4,7-8,11-12H2,1H3. The Labute approximate surface area is 79.9 Å². The van der Waals surface area contributed by atoms with Crippen LogP contribution in [0.3, 0.4) is 0 Å². The number of hydrogen-bond donors (Lipinski definition) is 3. The minimum Gasteiger partial charge on any atom is -0.330 e. The first-order chi connectivity index (χ1) is 6.19. The predicted molar refractivity (Wildman–Crippen MR) is 56.3 cm³/mol. The second kappa shape index (κ2) is 4.56. The van der Waals surface area contributed by atoms with Gasteiger partial charge in [-0.3, -0.25) is 0 Å². The Bertz CT molecular complexity index is 210. The molecule has 0 saturated carbocycles. The van der Waals surface area contributed by atoms with E-state index in [2.05, 4.69) is 18.3 Å². The molecule has 1 rings (SSSR count). The van der Waals surface area contributed by atoms with Gasteiger partial charge in [0.25, 0.3) is 0 Å². The Balaban J connectivity index is 2.45. The average Bonchev–Trinajstić information content (AvgIpc) is 2.11. The van der Waals surface area contributed by atoms with Crippen LogP contribution in [0.5, 0.6) is 0 Å². The highest BCUT2D eigenvalue weighted by molar-refractivity contribution is 5.25. The van der Waals surface area contributed by atoms with Crippen molar-refractivity contribution in [3.8, 4) is 0 Å². The van der Waals surface area contributed by atoms with Gasteiger partial charge in [-0.1, -0.05) is 24.3 Å². The lowest BCUT2D eigenvalue weighted by Gasteiger charge is -2.33. The molecule has 0 aromatic heterocycles. The van der Waals surface area contributed by atoms with E-state index in [0.29, 0.717) is 0 Å². The second-order valence-electron chi connectivity index (χ2n) is 3.62. The Morgan fingerprint density at radius 2 is 2.23 bits per heavy atom. The summed E-state index contributed by atoms with van der Waals surface area (Å²) in [5, 5.41) is 3.41. The molecule has 1 aliphatic carbocycles. The van der Waals surface area contributed by atoms with E-state index in [1.807, 2.05) is 18.2 Å². The van der Waals surface area contributed by atoms with Crippen molar-refractivity contribution in [2.24, 2.45) is 11.5 Å². The SMILES string of the molecule is CC1(NCCCN)C=CC=CC1N. The molecule has 0 fully saturated rings. The van der Waals surface area contributed by atoms with E-state index in [-0.39, 0.29) is 11.6 Å². The average molecular weight is 181 g/mol. The van der Waals surface area contributed by atoms with Gasteiger partial charge in [0.15, 0.2) is 0 Å². The number of hydrogen-bond acceptors (Lipinski definition) is 3. The molecule has 0 aliphatic heterocycles. The van der Waals surface area contributed by atoms with Crippen LogP contribution in [0.4, 0.5) is 0 Å². The van der Waals surface area contributed by atoms with Crippen LogP contribution in [0, 0.1) is 0 Å². The van der Waals surface area contributed by atoms with Crippen molar-refractivity contribution in [3.63, 3.8) is 0 Å². The van der Waals surface area contributed by atoms with Crippen molar-refractivity contribution in [2.45, 2.75) is 24.9 Å². The Hall–Kier alpha value is -0.640. The maximum atomic E-state index is 5.96. The van der Waals surface area contributed by atoms with Gasteiger partial charge in [-0.15, -0.1) is 0 Å². The highest BCUT2D eigenvalue weighted by atomic mass is 15.0. The first-order valence-electron chi connectivity index (χ1n) is 4.76. The molecular weight excluding hydrogens is 162 g/mol. The van der Waals surface area contributed by atoms with Gasteiger partial charge in [-0.25, -0.2) is 0 Å². The largest absolute Gasteiger partial charge is 0.330 e. The predicted octanol–water partition coefficient (Wildman–Crippen LogP) is 0.137. The molecule has 2 atom stereocenters. The second-order valence-corrected chi connectivity index (χ2v) is 3.62. The van der Waals surface area contributed by atoms with Gasteiger partial charge in [0.1, 0.15) is 0 Å². The zero-order chi connectivity index (χ0) is 9.73. The van der Waals surface area contributed by atoms with Crippen LogP contribution in [0.2, 0.25) is 0 Å². The van der Waals surface area contributed by atoms with Crippen molar-refractivity contribution >= 4 is 0 Å². The van der Waals surface area contributed by atoms with E-state index >= 15 is 0 Å². The van der Waals surface area contributed by atoms with Crippen molar-refractivity contribution < 1.29 is 0 Å². The fourth-order valence-corrected chi connectivity index (χ4v) is 1.39. The van der Waals surface area contributed by atoms with Crippen LogP contribution in [-0.4, -0.2) is 24.7 Å². The topological polar surface area (TPSA) is 64.1 Å².